The maximum Gasteiger partial charge on any atom is 0.416 e. The molecule has 2 rings (SSSR count). The summed E-state index contributed by atoms with van der Waals surface area (Å²) in [5, 5.41) is 2.51. The average Bonchev–Trinajstić information content (AvgIpc) is 2.42. The van der Waals surface area contributed by atoms with E-state index in [1.165, 1.54) is 7.05 Å². The molecule has 0 amide bonds. The molecule has 7 heteroatoms. The SMILES string of the molecule is CNC(c1cnccc1C(F)(F)F)c1c(F)cccc1F. The van der Waals surface area contributed by atoms with Crippen LogP contribution in [0.4, 0.5) is 22.0 Å². The number of rotatable bonds is 3. The molecule has 0 aliphatic rings. The normalized spacial score (nSPS) is 13.2. The van der Waals surface area contributed by atoms with Crippen molar-refractivity contribution in [3.63, 3.8) is 0 Å². The van der Waals surface area contributed by atoms with Crippen molar-refractivity contribution in [1.29, 1.82) is 0 Å². The van der Waals surface area contributed by atoms with Gasteiger partial charge in [0, 0.05) is 23.5 Å². The molecular formula is C14H11F5N2. The van der Waals surface area contributed by atoms with E-state index in [0.29, 0.717) is 0 Å². The predicted octanol–water partition coefficient (Wildman–Crippen LogP) is 3.69. The van der Waals surface area contributed by atoms with Crippen LogP contribution in [0.15, 0.2) is 36.7 Å². The molecule has 0 bridgehead atoms. The van der Waals surface area contributed by atoms with Gasteiger partial charge in [0.05, 0.1) is 11.6 Å². The molecule has 0 spiro atoms. The van der Waals surface area contributed by atoms with E-state index in [1.54, 1.807) is 0 Å². The van der Waals surface area contributed by atoms with Crippen molar-refractivity contribution in [1.82, 2.24) is 10.3 Å². The third kappa shape index (κ3) is 3.02. The largest absolute Gasteiger partial charge is 0.416 e. The number of hydrogen-bond donors (Lipinski definition) is 1. The molecule has 1 unspecified atom stereocenters. The Labute approximate surface area is 117 Å². The van der Waals surface area contributed by atoms with E-state index in [1.807, 2.05) is 0 Å². The summed E-state index contributed by atoms with van der Waals surface area (Å²) < 4.78 is 66.7. The van der Waals surface area contributed by atoms with E-state index in [2.05, 4.69) is 10.3 Å². The molecule has 2 aromatic rings. The second-order valence-electron chi connectivity index (χ2n) is 4.32. The second kappa shape index (κ2) is 5.77. The van der Waals surface area contributed by atoms with E-state index in [-0.39, 0.29) is 5.56 Å². The minimum atomic E-state index is -4.64. The van der Waals surface area contributed by atoms with E-state index in [4.69, 9.17) is 0 Å². The van der Waals surface area contributed by atoms with Crippen LogP contribution in [0, 0.1) is 11.6 Å². The van der Waals surface area contributed by atoms with E-state index < -0.39 is 35.0 Å². The number of pyridine rings is 1. The van der Waals surface area contributed by atoms with E-state index >= 15 is 0 Å². The quantitative estimate of drug-likeness (QED) is 0.875. The molecule has 1 aromatic carbocycles. The summed E-state index contributed by atoms with van der Waals surface area (Å²) >= 11 is 0. The highest BCUT2D eigenvalue weighted by Crippen LogP contribution is 2.37. The molecule has 2 nitrogen and oxygen atoms in total. The number of halogens is 5. The van der Waals surface area contributed by atoms with Gasteiger partial charge in [-0.05, 0) is 25.2 Å². The van der Waals surface area contributed by atoms with Crippen LogP contribution in [0.2, 0.25) is 0 Å². The van der Waals surface area contributed by atoms with Gasteiger partial charge in [-0.2, -0.15) is 13.2 Å². The lowest BCUT2D eigenvalue weighted by atomic mass is 9.95. The fourth-order valence-corrected chi connectivity index (χ4v) is 2.14. The maximum absolute atomic E-state index is 13.8. The molecule has 1 aromatic heterocycles. The maximum atomic E-state index is 13.8. The van der Waals surface area contributed by atoms with Crippen molar-refractivity contribution in [2.75, 3.05) is 7.05 Å². The Bertz CT molecular complexity index is 619. The van der Waals surface area contributed by atoms with Crippen molar-refractivity contribution in [2.24, 2.45) is 0 Å². The van der Waals surface area contributed by atoms with Crippen molar-refractivity contribution >= 4 is 0 Å². The van der Waals surface area contributed by atoms with Gasteiger partial charge < -0.3 is 5.32 Å². The molecule has 112 valence electrons. The van der Waals surface area contributed by atoms with Crippen LogP contribution in [0.3, 0.4) is 0 Å². The van der Waals surface area contributed by atoms with Crippen LogP contribution in [-0.4, -0.2) is 12.0 Å². The van der Waals surface area contributed by atoms with Crippen molar-refractivity contribution in [2.45, 2.75) is 12.2 Å². The number of aromatic nitrogens is 1. The zero-order valence-electron chi connectivity index (χ0n) is 10.9. The fraction of sp³-hybridized carbons (Fsp3) is 0.214. The topological polar surface area (TPSA) is 24.9 Å². The molecule has 0 saturated heterocycles. The molecule has 0 saturated carbocycles. The minimum absolute atomic E-state index is 0.337. The Morgan fingerprint density at radius 3 is 2.24 bits per heavy atom. The van der Waals surface area contributed by atoms with Crippen LogP contribution in [0.5, 0.6) is 0 Å². The molecule has 21 heavy (non-hydrogen) atoms. The van der Waals surface area contributed by atoms with Gasteiger partial charge in [0.1, 0.15) is 11.6 Å². The Hall–Kier alpha value is -2.02. The van der Waals surface area contributed by atoms with Gasteiger partial charge in [0.2, 0.25) is 0 Å². The summed E-state index contributed by atoms with van der Waals surface area (Å²) in [4.78, 5) is 3.63. The van der Waals surface area contributed by atoms with E-state index in [9.17, 15) is 22.0 Å². The zero-order chi connectivity index (χ0) is 15.6. The highest BCUT2D eigenvalue weighted by atomic mass is 19.4. The molecule has 0 aliphatic heterocycles. The van der Waals surface area contributed by atoms with Gasteiger partial charge in [0.15, 0.2) is 0 Å². The molecule has 0 aliphatic carbocycles. The minimum Gasteiger partial charge on any atom is -0.309 e. The molecule has 0 fully saturated rings. The Morgan fingerprint density at radius 2 is 1.71 bits per heavy atom. The molecule has 1 heterocycles. The molecular weight excluding hydrogens is 291 g/mol. The Balaban J connectivity index is 2.63. The standard InChI is InChI=1S/C14H11F5N2/c1-20-13(12-10(15)3-2-4-11(12)16)8-7-21-6-5-9(8)14(17,18)19/h2-7,13,20H,1H3. The van der Waals surface area contributed by atoms with Crippen LogP contribution in [0.25, 0.3) is 0 Å². The summed E-state index contributed by atoms with van der Waals surface area (Å²) in [5.74, 6) is -1.85. The molecule has 1 N–H and O–H groups in total. The third-order valence-corrected chi connectivity index (χ3v) is 3.05. The van der Waals surface area contributed by atoms with Gasteiger partial charge in [-0.3, -0.25) is 4.98 Å². The first-order valence-electron chi connectivity index (χ1n) is 5.98. The van der Waals surface area contributed by atoms with Gasteiger partial charge in [-0.15, -0.1) is 0 Å². The summed E-state index contributed by atoms with van der Waals surface area (Å²) in [7, 11) is 1.32. The monoisotopic (exact) mass is 302 g/mol. The number of benzene rings is 1. The zero-order valence-corrected chi connectivity index (χ0v) is 10.9. The first-order valence-corrected chi connectivity index (χ1v) is 5.98. The second-order valence-corrected chi connectivity index (χ2v) is 4.32. The lowest BCUT2D eigenvalue weighted by Crippen LogP contribution is -2.24. The molecule has 1 atom stereocenters. The highest BCUT2D eigenvalue weighted by molar-refractivity contribution is 5.38. The molecule has 0 radical (unpaired) electrons. The predicted molar refractivity (Wildman–Crippen MR) is 66.5 cm³/mol. The van der Waals surface area contributed by atoms with Gasteiger partial charge in [-0.1, -0.05) is 6.07 Å². The van der Waals surface area contributed by atoms with Crippen LogP contribution >= 0.6 is 0 Å². The number of nitrogens with one attached hydrogen (secondary N) is 1. The number of alkyl halides is 3. The van der Waals surface area contributed by atoms with Crippen molar-refractivity contribution in [3.8, 4) is 0 Å². The van der Waals surface area contributed by atoms with Crippen LogP contribution in [-0.2, 0) is 6.18 Å². The summed E-state index contributed by atoms with van der Waals surface area (Å²) in [6.45, 7) is 0. The first kappa shape index (κ1) is 15.4. The average molecular weight is 302 g/mol. The van der Waals surface area contributed by atoms with Gasteiger partial charge in [0.25, 0.3) is 0 Å². The van der Waals surface area contributed by atoms with Crippen LogP contribution < -0.4 is 5.32 Å². The Kier molecular flexibility index (Phi) is 4.22. The van der Waals surface area contributed by atoms with Crippen LogP contribution in [0.1, 0.15) is 22.7 Å². The van der Waals surface area contributed by atoms with Gasteiger partial charge in [-0.25, -0.2) is 8.78 Å². The van der Waals surface area contributed by atoms with Gasteiger partial charge >= 0.3 is 6.18 Å². The third-order valence-electron chi connectivity index (χ3n) is 3.05. The summed E-state index contributed by atoms with van der Waals surface area (Å²) in [5.41, 5.74) is -1.80. The number of hydrogen-bond acceptors (Lipinski definition) is 2. The first-order chi connectivity index (χ1) is 9.86. The fourth-order valence-electron chi connectivity index (χ4n) is 2.14. The lowest BCUT2D eigenvalue weighted by molar-refractivity contribution is -0.138. The Morgan fingerprint density at radius 1 is 1.10 bits per heavy atom. The van der Waals surface area contributed by atoms with E-state index in [0.717, 1.165) is 36.7 Å². The van der Waals surface area contributed by atoms with Crippen molar-refractivity contribution in [3.05, 3.63) is 65.0 Å². The number of nitrogens with zero attached hydrogens (tertiary/aromatic N) is 1. The smallest absolute Gasteiger partial charge is 0.309 e. The highest BCUT2D eigenvalue weighted by Gasteiger charge is 2.36. The summed E-state index contributed by atoms with van der Waals surface area (Å²) in [6, 6.07) is 2.61. The summed E-state index contributed by atoms with van der Waals surface area (Å²) in [6.07, 6.45) is -2.71. The van der Waals surface area contributed by atoms with Crippen molar-refractivity contribution < 1.29 is 22.0 Å². The lowest BCUT2D eigenvalue weighted by Gasteiger charge is -2.22.